The van der Waals surface area contributed by atoms with Gasteiger partial charge in [-0.25, -0.2) is 0 Å². The number of rotatable bonds is 39. The molecule has 0 radical (unpaired) electrons. The summed E-state index contributed by atoms with van der Waals surface area (Å²) in [4.78, 5) is 12.4. The standard InChI is InChI=1S/C54H85NO3/c1-3-5-7-9-11-13-15-17-19-21-22-23-24-25-26-27-28-29-30-31-32-34-36-38-40-42-44-46-48-50-54(58)55-52(51-56)53(57)49-47-45-43-41-39-37-35-33-20-18-16-14-12-10-8-6-4-2/h5,7,11,13,17,19-20,22-23,25-26,28-29,31-33,36,38-39,41-42,44,47,49,52-53,56-57H,3-4,6,8-10,12,14-16,18,21,24,27,30,34-35,37,40,43,45-46,48,50-51H2,1-2H3,(H,55,58)/b7-5-,13-11-,19-17-,23-22-,26-25-,29-28-,32-31-,33-20+,38-36-,41-39+,44-42-,49-47+. The second-order valence-electron chi connectivity index (χ2n) is 14.7. The minimum Gasteiger partial charge on any atom is -0.394 e. The first-order valence-electron chi connectivity index (χ1n) is 23.0. The molecule has 324 valence electrons. The van der Waals surface area contributed by atoms with Gasteiger partial charge in [-0.3, -0.25) is 4.79 Å². The molecule has 2 unspecified atom stereocenters. The molecule has 0 spiro atoms. The molecule has 2 atom stereocenters. The molecule has 4 heteroatoms. The summed E-state index contributed by atoms with van der Waals surface area (Å²) in [5.74, 6) is -0.144. The zero-order valence-electron chi connectivity index (χ0n) is 37.0. The average Bonchev–Trinajstić information content (AvgIpc) is 3.23. The van der Waals surface area contributed by atoms with Crippen molar-refractivity contribution < 1.29 is 15.0 Å². The van der Waals surface area contributed by atoms with Gasteiger partial charge in [0.2, 0.25) is 5.91 Å². The third kappa shape index (κ3) is 43.4. The second kappa shape index (κ2) is 47.6. The Bertz CT molecular complexity index is 1270. The highest BCUT2D eigenvalue weighted by atomic mass is 16.3. The van der Waals surface area contributed by atoms with Gasteiger partial charge in [0.25, 0.3) is 0 Å². The Morgan fingerprint density at radius 1 is 0.431 bits per heavy atom. The monoisotopic (exact) mass is 796 g/mol. The molecule has 0 rings (SSSR count). The Morgan fingerprint density at radius 2 is 0.776 bits per heavy atom. The number of hydrogen-bond donors (Lipinski definition) is 3. The smallest absolute Gasteiger partial charge is 0.220 e. The number of hydrogen-bond acceptors (Lipinski definition) is 3. The van der Waals surface area contributed by atoms with Crippen molar-refractivity contribution in [2.75, 3.05) is 6.61 Å². The molecular weight excluding hydrogens is 711 g/mol. The van der Waals surface area contributed by atoms with E-state index in [9.17, 15) is 15.0 Å². The van der Waals surface area contributed by atoms with Gasteiger partial charge in [-0.15, -0.1) is 0 Å². The van der Waals surface area contributed by atoms with Gasteiger partial charge in [0.15, 0.2) is 0 Å². The zero-order valence-corrected chi connectivity index (χ0v) is 37.0. The Hall–Kier alpha value is -3.73. The first-order chi connectivity index (χ1) is 28.7. The van der Waals surface area contributed by atoms with Crippen LogP contribution in [0.2, 0.25) is 0 Å². The van der Waals surface area contributed by atoms with Gasteiger partial charge in [-0.2, -0.15) is 0 Å². The maximum absolute atomic E-state index is 12.4. The fourth-order valence-corrected chi connectivity index (χ4v) is 5.80. The maximum Gasteiger partial charge on any atom is 0.220 e. The number of unbranched alkanes of at least 4 members (excludes halogenated alkanes) is 10. The molecule has 0 bridgehead atoms. The number of carbonyl (C=O) groups is 1. The highest BCUT2D eigenvalue weighted by Gasteiger charge is 2.17. The van der Waals surface area contributed by atoms with E-state index in [2.05, 4.69) is 153 Å². The molecule has 0 fully saturated rings. The van der Waals surface area contributed by atoms with Crippen LogP contribution < -0.4 is 5.32 Å². The van der Waals surface area contributed by atoms with E-state index in [0.717, 1.165) is 96.3 Å². The van der Waals surface area contributed by atoms with Gasteiger partial charge in [0, 0.05) is 6.42 Å². The number of amides is 1. The Balaban J connectivity index is 3.84. The number of carbonyl (C=O) groups excluding carboxylic acids is 1. The van der Waals surface area contributed by atoms with Crippen molar-refractivity contribution in [1.29, 1.82) is 0 Å². The SMILES string of the molecule is CC/C=C\C/C=C\C/C=C\C/C=C\C/C=C\C/C=C\C/C=C\C/C=C\C/C=C\CCCC(=O)NC(CO)C(O)/C=C/CC/C=C/CC/C=C/CCCCCCCCC. The first-order valence-corrected chi connectivity index (χ1v) is 23.0. The van der Waals surface area contributed by atoms with E-state index in [0.29, 0.717) is 6.42 Å². The van der Waals surface area contributed by atoms with Crippen LogP contribution in [-0.2, 0) is 4.79 Å². The van der Waals surface area contributed by atoms with Crippen LogP contribution in [0.15, 0.2) is 146 Å². The lowest BCUT2D eigenvalue weighted by Crippen LogP contribution is -2.45. The largest absolute Gasteiger partial charge is 0.394 e. The van der Waals surface area contributed by atoms with Gasteiger partial charge < -0.3 is 15.5 Å². The van der Waals surface area contributed by atoms with Crippen molar-refractivity contribution in [3.05, 3.63) is 146 Å². The second-order valence-corrected chi connectivity index (χ2v) is 14.7. The van der Waals surface area contributed by atoms with Crippen molar-refractivity contribution in [3.8, 4) is 0 Å². The van der Waals surface area contributed by atoms with Gasteiger partial charge >= 0.3 is 0 Å². The fourth-order valence-electron chi connectivity index (χ4n) is 5.80. The van der Waals surface area contributed by atoms with Gasteiger partial charge in [-0.1, -0.05) is 198 Å². The molecule has 4 nitrogen and oxygen atoms in total. The maximum atomic E-state index is 12.4. The molecule has 0 aliphatic carbocycles. The van der Waals surface area contributed by atoms with Crippen molar-refractivity contribution in [1.82, 2.24) is 5.32 Å². The van der Waals surface area contributed by atoms with Gasteiger partial charge in [-0.05, 0) is 109 Å². The van der Waals surface area contributed by atoms with Gasteiger partial charge in [0.05, 0.1) is 18.8 Å². The summed E-state index contributed by atoms with van der Waals surface area (Å²) >= 11 is 0. The van der Waals surface area contributed by atoms with Crippen LogP contribution in [0, 0.1) is 0 Å². The molecule has 1 amide bonds. The average molecular weight is 796 g/mol. The molecular formula is C54H85NO3. The summed E-state index contributed by atoms with van der Waals surface area (Å²) in [5.41, 5.74) is 0. The van der Waals surface area contributed by atoms with E-state index in [1.165, 1.54) is 51.4 Å². The predicted octanol–water partition coefficient (Wildman–Crippen LogP) is 14.9. The van der Waals surface area contributed by atoms with Crippen LogP contribution in [-0.4, -0.2) is 34.9 Å². The highest BCUT2D eigenvalue weighted by molar-refractivity contribution is 5.76. The number of nitrogens with one attached hydrogen (secondary N) is 1. The third-order valence-electron chi connectivity index (χ3n) is 9.28. The van der Waals surface area contributed by atoms with Gasteiger partial charge in [0.1, 0.15) is 0 Å². The number of aliphatic hydroxyl groups excluding tert-OH is 2. The molecule has 0 aromatic rings. The quantitative estimate of drug-likeness (QED) is 0.0429. The Kier molecular flexibility index (Phi) is 44.6. The molecule has 0 saturated carbocycles. The molecule has 0 aliphatic heterocycles. The lowest BCUT2D eigenvalue weighted by atomic mass is 10.1. The van der Waals surface area contributed by atoms with Crippen LogP contribution in [0.1, 0.15) is 168 Å². The number of allylic oxidation sites excluding steroid dienone is 23. The molecule has 0 heterocycles. The molecule has 0 saturated heterocycles. The van der Waals surface area contributed by atoms with Crippen LogP contribution in [0.5, 0.6) is 0 Å². The van der Waals surface area contributed by atoms with Crippen LogP contribution in [0.25, 0.3) is 0 Å². The van der Waals surface area contributed by atoms with E-state index in [-0.39, 0.29) is 12.5 Å². The Morgan fingerprint density at radius 3 is 1.21 bits per heavy atom. The summed E-state index contributed by atoms with van der Waals surface area (Å²) in [7, 11) is 0. The molecule has 58 heavy (non-hydrogen) atoms. The van der Waals surface area contributed by atoms with Crippen molar-refractivity contribution in [2.45, 2.75) is 180 Å². The van der Waals surface area contributed by atoms with E-state index < -0.39 is 12.1 Å². The van der Waals surface area contributed by atoms with Crippen molar-refractivity contribution in [2.24, 2.45) is 0 Å². The Labute approximate surface area is 357 Å². The minimum absolute atomic E-state index is 0.144. The lowest BCUT2D eigenvalue weighted by Gasteiger charge is -2.19. The first kappa shape index (κ1) is 54.3. The molecule has 0 aliphatic rings. The summed E-state index contributed by atoms with van der Waals surface area (Å²) < 4.78 is 0. The van der Waals surface area contributed by atoms with Crippen LogP contribution >= 0.6 is 0 Å². The summed E-state index contributed by atoms with van der Waals surface area (Å²) in [6, 6.07) is -0.688. The van der Waals surface area contributed by atoms with Crippen molar-refractivity contribution in [3.63, 3.8) is 0 Å². The minimum atomic E-state index is -0.905. The topological polar surface area (TPSA) is 69.6 Å². The highest BCUT2D eigenvalue weighted by Crippen LogP contribution is 2.09. The third-order valence-corrected chi connectivity index (χ3v) is 9.28. The normalized spacial score (nSPS) is 14.3. The predicted molar refractivity (Wildman–Crippen MR) is 257 cm³/mol. The lowest BCUT2D eigenvalue weighted by molar-refractivity contribution is -0.122. The van der Waals surface area contributed by atoms with Crippen LogP contribution in [0.4, 0.5) is 0 Å². The van der Waals surface area contributed by atoms with E-state index in [1.54, 1.807) is 6.08 Å². The molecule has 3 N–H and O–H groups in total. The van der Waals surface area contributed by atoms with E-state index in [4.69, 9.17) is 0 Å². The van der Waals surface area contributed by atoms with Crippen molar-refractivity contribution >= 4 is 5.91 Å². The number of aliphatic hydroxyl groups is 2. The molecule has 0 aromatic heterocycles. The van der Waals surface area contributed by atoms with Crippen LogP contribution in [0.3, 0.4) is 0 Å². The van der Waals surface area contributed by atoms with E-state index >= 15 is 0 Å². The summed E-state index contributed by atoms with van der Waals surface area (Å²) in [6.45, 7) is 4.13. The summed E-state index contributed by atoms with van der Waals surface area (Å²) in [6.07, 6.45) is 76.7. The summed E-state index contributed by atoms with van der Waals surface area (Å²) in [5, 5.41) is 22.9. The fraction of sp³-hybridized carbons (Fsp3) is 0.537. The van der Waals surface area contributed by atoms with E-state index in [1.807, 2.05) is 6.08 Å². The zero-order chi connectivity index (χ0) is 42.1. The molecule has 0 aromatic carbocycles.